The lowest BCUT2D eigenvalue weighted by molar-refractivity contribution is 0.165. The Balaban J connectivity index is 2.44. The van der Waals surface area contributed by atoms with Crippen LogP contribution in [0.4, 0.5) is 8.78 Å². The van der Waals surface area contributed by atoms with Crippen LogP contribution in [-0.4, -0.2) is 33.9 Å². The van der Waals surface area contributed by atoms with Crippen LogP contribution >= 0.6 is 0 Å². The molecule has 0 amide bonds. The molecule has 0 bridgehead atoms. The van der Waals surface area contributed by atoms with Crippen molar-refractivity contribution in [3.63, 3.8) is 0 Å². The minimum Gasteiger partial charge on any atom is -0.387 e. The number of hydrogen-bond acceptors (Lipinski definition) is 3. The van der Waals surface area contributed by atoms with E-state index in [-0.39, 0.29) is 17.4 Å². The molecule has 0 fully saturated rings. The lowest BCUT2D eigenvalue weighted by atomic mass is 10.1. The van der Waals surface area contributed by atoms with Gasteiger partial charge < -0.3 is 10.4 Å². The van der Waals surface area contributed by atoms with Crippen LogP contribution < -0.4 is 5.32 Å². The Bertz CT molecular complexity index is 422. The average Bonchev–Trinajstić information content (AvgIpc) is 2.34. The van der Waals surface area contributed by atoms with E-state index in [9.17, 15) is 18.1 Å². The summed E-state index contributed by atoms with van der Waals surface area (Å²) >= 11 is 0. The summed E-state index contributed by atoms with van der Waals surface area (Å²) in [6.07, 6.45) is 1.08. The van der Waals surface area contributed by atoms with Crippen LogP contribution in [0.15, 0.2) is 18.2 Å². The number of nitrogens with one attached hydrogen (secondary N) is 1. The average molecular weight is 291 g/mol. The maximum Gasteiger partial charge on any atom is 0.131 e. The molecule has 0 aliphatic heterocycles. The predicted octanol–water partition coefficient (Wildman–Crippen LogP) is 1.74. The highest BCUT2D eigenvalue weighted by Gasteiger charge is 2.17. The fourth-order valence-electron chi connectivity index (χ4n) is 1.64. The quantitative estimate of drug-likeness (QED) is 0.752. The van der Waals surface area contributed by atoms with Gasteiger partial charge in [0.2, 0.25) is 0 Å². The van der Waals surface area contributed by atoms with Gasteiger partial charge in [0, 0.05) is 28.9 Å². The molecule has 1 aromatic rings. The summed E-state index contributed by atoms with van der Waals surface area (Å²) in [5, 5.41) is 12.7. The van der Waals surface area contributed by atoms with Crippen molar-refractivity contribution in [3.8, 4) is 0 Å². The summed E-state index contributed by atoms with van der Waals surface area (Å²) in [5.41, 5.74) is -0.317. The number of aliphatic hydroxyl groups is 1. The van der Waals surface area contributed by atoms with Gasteiger partial charge in [-0.05, 0) is 25.1 Å². The number of aliphatic hydroxyl groups excluding tert-OH is 1. The Morgan fingerprint density at radius 3 is 2.47 bits per heavy atom. The number of rotatable bonds is 7. The molecular weight excluding hydrogens is 272 g/mol. The molecule has 1 rings (SSSR count). The van der Waals surface area contributed by atoms with E-state index in [1.54, 1.807) is 6.26 Å². The van der Waals surface area contributed by atoms with Gasteiger partial charge in [-0.3, -0.25) is 4.21 Å². The molecule has 0 saturated heterocycles. The minimum absolute atomic E-state index is 0.0508. The Morgan fingerprint density at radius 2 is 1.95 bits per heavy atom. The highest BCUT2D eigenvalue weighted by atomic mass is 32.2. The van der Waals surface area contributed by atoms with Crippen LogP contribution in [-0.2, 0) is 10.8 Å². The zero-order valence-corrected chi connectivity index (χ0v) is 11.8. The molecule has 0 aliphatic rings. The van der Waals surface area contributed by atoms with Crippen molar-refractivity contribution in [2.45, 2.75) is 24.7 Å². The first-order valence-electron chi connectivity index (χ1n) is 6.08. The number of hydrogen-bond donors (Lipinski definition) is 2. The topological polar surface area (TPSA) is 49.3 Å². The summed E-state index contributed by atoms with van der Waals surface area (Å²) < 4.78 is 37.9. The number of benzene rings is 1. The van der Waals surface area contributed by atoms with Gasteiger partial charge in [0.25, 0.3) is 0 Å². The molecule has 108 valence electrons. The zero-order chi connectivity index (χ0) is 14.4. The van der Waals surface area contributed by atoms with Crippen LogP contribution in [0.2, 0.25) is 0 Å². The minimum atomic E-state index is -1.23. The zero-order valence-electron chi connectivity index (χ0n) is 11.0. The second-order valence-corrected chi connectivity index (χ2v) is 6.26. The van der Waals surface area contributed by atoms with Crippen LogP contribution in [0.5, 0.6) is 0 Å². The van der Waals surface area contributed by atoms with E-state index in [2.05, 4.69) is 5.32 Å². The summed E-state index contributed by atoms with van der Waals surface area (Å²) in [4.78, 5) is 0. The van der Waals surface area contributed by atoms with Crippen molar-refractivity contribution in [3.05, 3.63) is 35.4 Å². The van der Waals surface area contributed by atoms with Crippen LogP contribution in [0.3, 0.4) is 0 Å². The normalized spacial score (nSPS) is 16.1. The monoisotopic (exact) mass is 291 g/mol. The van der Waals surface area contributed by atoms with Gasteiger partial charge in [0.1, 0.15) is 11.6 Å². The van der Waals surface area contributed by atoms with Crippen molar-refractivity contribution < 1.29 is 18.1 Å². The first-order valence-corrected chi connectivity index (χ1v) is 7.70. The second-order valence-electron chi connectivity index (χ2n) is 4.45. The molecular formula is C13H19F2NO2S. The van der Waals surface area contributed by atoms with Gasteiger partial charge in [0.15, 0.2) is 0 Å². The highest BCUT2D eigenvalue weighted by Crippen LogP contribution is 2.19. The van der Waals surface area contributed by atoms with Gasteiger partial charge in [-0.1, -0.05) is 13.0 Å². The van der Waals surface area contributed by atoms with Gasteiger partial charge >= 0.3 is 0 Å². The molecule has 3 nitrogen and oxygen atoms in total. The summed E-state index contributed by atoms with van der Waals surface area (Å²) in [5.74, 6) is -1.50. The van der Waals surface area contributed by atoms with Gasteiger partial charge in [0.05, 0.1) is 11.7 Å². The molecule has 0 saturated carbocycles. The van der Waals surface area contributed by atoms with E-state index < -0.39 is 28.5 Å². The Kier molecular flexibility index (Phi) is 6.54. The Hall–Kier alpha value is -0.850. The molecule has 0 spiro atoms. The fraction of sp³-hybridized carbons (Fsp3) is 0.538. The van der Waals surface area contributed by atoms with Crippen molar-refractivity contribution in [1.82, 2.24) is 5.32 Å². The van der Waals surface area contributed by atoms with Crippen molar-refractivity contribution in [1.29, 1.82) is 0 Å². The molecule has 0 aromatic heterocycles. The third-order valence-electron chi connectivity index (χ3n) is 2.96. The third-order valence-corrected chi connectivity index (χ3v) is 4.33. The first-order chi connectivity index (χ1) is 8.93. The molecule has 1 aromatic carbocycles. The van der Waals surface area contributed by atoms with E-state index in [4.69, 9.17) is 0 Å². The lowest BCUT2D eigenvalue weighted by Crippen LogP contribution is -2.26. The van der Waals surface area contributed by atoms with Gasteiger partial charge in [-0.15, -0.1) is 0 Å². The summed E-state index contributed by atoms with van der Waals surface area (Å²) in [6.45, 7) is 2.46. The summed E-state index contributed by atoms with van der Waals surface area (Å²) in [6, 6.07) is 3.49. The standard InChI is InChI=1S/C13H19F2NO2S/c1-9(19(2)18)6-7-16-8-12(17)13-10(14)4-3-5-11(13)15/h3-5,9,12,16-17H,6-8H2,1-2H3. The van der Waals surface area contributed by atoms with Gasteiger partial charge in [-0.25, -0.2) is 8.78 Å². The Morgan fingerprint density at radius 1 is 1.37 bits per heavy atom. The highest BCUT2D eigenvalue weighted by molar-refractivity contribution is 7.84. The SMILES string of the molecule is CC(CCNCC(O)c1c(F)cccc1F)S(C)=O. The maximum absolute atomic E-state index is 13.4. The fourth-order valence-corrected chi connectivity index (χ4v) is 2.09. The van der Waals surface area contributed by atoms with Crippen molar-refractivity contribution in [2.75, 3.05) is 19.3 Å². The molecule has 2 N–H and O–H groups in total. The largest absolute Gasteiger partial charge is 0.387 e. The van der Waals surface area contributed by atoms with E-state index >= 15 is 0 Å². The molecule has 3 atom stereocenters. The van der Waals surface area contributed by atoms with Crippen LogP contribution in [0.25, 0.3) is 0 Å². The van der Waals surface area contributed by atoms with Crippen molar-refractivity contribution >= 4 is 10.8 Å². The third kappa shape index (κ3) is 4.97. The van der Waals surface area contributed by atoms with Crippen LogP contribution in [0.1, 0.15) is 25.0 Å². The molecule has 0 aliphatic carbocycles. The smallest absolute Gasteiger partial charge is 0.131 e. The van der Waals surface area contributed by atoms with E-state index in [1.165, 1.54) is 6.07 Å². The molecule has 6 heteroatoms. The Labute approximate surface area is 114 Å². The predicted molar refractivity (Wildman–Crippen MR) is 72.3 cm³/mol. The van der Waals surface area contributed by atoms with Gasteiger partial charge in [-0.2, -0.15) is 0 Å². The molecule has 0 radical (unpaired) electrons. The van der Waals surface area contributed by atoms with E-state index in [1.807, 2.05) is 6.92 Å². The second kappa shape index (κ2) is 7.67. The van der Waals surface area contributed by atoms with E-state index in [0.717, 1.165) is 12.1 Å². The van der Waals surface area contributed by atoms with Crippen molar-refractivity contribution in [2.24, 2.45) is 0 Å². The lowest BCUT2D eigenvalue weighted by Gasteiger charge is -2.14. The molecule has 0 heterocycles. The molecule has 19 heavy (non-hydrogen) atoms. The first kappa shape index (κ1) is 16.2. The van der Waals surface area contributed by atoms with Crippen LogP contribution in [0, 0.1) is 11.6 Å². The maximum atomic E-state index is 13.4. The molecule has 3 unspecified atom stereocenters. The summed E-state index contributed by atoms with van der Waals surface area (Å²) in [7, 11) is -0.890. The number of halogens is 2. The van der Waals surface area contributed by atoms with E-state index in [0.29, 0.717) is 13.0 Å².